The van der Waals surface area contributed by atoms with Crippen LogP contribution in [-0.2, 0) is 0 Å². The van der Waals surface area contributed by atoms with Crippen molar-refractivity contribution in [3.05, 3.63) is 42.7 Å². The number of nitrogens with zero attached hydrogens (tertiary/aromatic N) is 3. The van der Waals surface area contributed by atoms with E-state index in [0.717, 1.165) is 30.8 Å². The van der Waals surface area contributed by atoms with Crippen LogP contribution >= 0.6 is 0 Å². The van der Waals surface area contributed by atoms with Crippen LogP contribution in [0, 0.1) is 0 Å². The van der Waals surface area contributed by atoms with Crippen LogP contribution in [0.4, 0.5) is 0 Å². The van der Waals surface area contributed by atoms with Crippen molar-refractivity contribution in [1.82, 2.24) is 14.9 Å². The largest absolute Gasteiger partial charge is 0.493 e. The van der Waals surface area contributed by atoms with Crippen molar-refractivity contribution >= 4 is 10.9 Å². The van der Waals surface area contributed by atoms with Crippen LogP contribution < -0.4 is 18.9 Å². The lowest BCUT2D eigenvalue weighted by atomic mass is 10.2. The average molecular weight is 397 g/mol. The fraction of sp³-hybridized carbons (Fsp3) is 0.364. The van der Waals surface area contributed by atoms with Gasteiger partial charge < -0.3 is 23.8 Å². The molecule has 0 unspecified atom stereocenters. The Hall–Kier alpha value is -3.06. The van der Waals surface area contributed by atoms with E-state index in [2.05, 4.69) is 28.7 Å². The first-order chi connectivity index (χ1) is 14.2. The molecule has 0 aliphatic heterocycles. The number of fused-ring (bicyclic) bond motifs is 1. The highest BCUT2D eigenvalue weighted by Gasteiger charge is 2.12. The summed E-state index contributed by atoms with van der Waals surface area (Å²) in [5, 5.41) is 0.740. The quantitative estimate of drug-likeness (QED) is 0.509. The van der Waals surface area contributed by atoms with Gasteiger partial charge >= 0.3 is 0 Å². The molecule has 0 atom stereocenters. The molecule has 2 aromatic carbocycles. The summed E-state index contributed by atoms with van der Waals surface area (Å²) in [5.41, 5.74) is 0.712. The molecule has 0 N–H and O–H groups in total. The van der Waals surface area contributed by atoms with Gasteiger partial charge in [0.15, 0.2) is 11.5 Å². The highest BCUT2D eigenvalue weighted by Crippen LogP contribution is 2.35. The minimum atomic E-state index is 0.450. The molecule has 0 saturated carbocycles. The van der Waals surface area contributed by atoms with E-state index in [1.54, 1.807) is 20.3 Å². The van der Waals surface area contributed by atoms with Gasteiger partial charge in [0, 0.05) is 12.6 Å². The minimum absolute atomic E-state index is 0.450. The summed E-state index contributed by atoms with van der Waals surface area (Å²) in [7, 11) is 3.18. The highest BCUT2D eigenvalue weighted by atomic mass is 16.5. The van der Waals surface area contributed by atoms with Crippen LogP contribution in [0.5, 0.6) is 28.9 Å². The Balaban J connectivity index is 1.72. The summed E-state index contributed by atoms with van der Waals surface area (Å²) in [6.45, 7) is 7.91. The number of aromatic nitrogens is 2. The topological polar surface area (TPSA) is 65.9 Å². The first-order valence-corrected chi connectivity index (χ1v) is 9.68. The van der Waals surface area contributed by atoms with E-state index in [0.29, 0.717) is 35.3 Å². The van der Waals surface area contributed by atoms with Crippen molar-refractivity contribution in [3.8, 4) is 28.9 Å². The number of ether oxygens (including phenoxy) is 4. The molecular formula is C22H27N3O4. The van der Waals surface area contributed by atoms with Crippen LogP contribution in [0.1, 0.15) is 13.8 Å². The Labute approximate surface area is 171 Å². The van der Waals surface area contributed by atoms with Gasteiger partial charge in [0.25, 0.3) is 0 Å². The fourth-order valence-electron chi connectivity index (χ4n) is 2.99. The van der Waals surface area contributed by atoms with Gasteiger partial charge in [-0.05, 0) is 43.4 Å². The second-order valence-electron chi connectivity index (χ2n) is 6.35. The minimum Gasteiger partial charge on any atom is -0.493 e. The average Bonchev–Trinajstić information content (AvgIpc) is 2.77. The predicted octanol–water partition coefficient (Wildman–Crippen LogP) is 4.16. The van der Waals surface area contributed by atoms with E-state index >= 15 is 0 Å². The zero-order chi connectivity index (χ0) is 20.6. The van der Waals surface area contributed by atoms with Crippen LogP contribution in [0.25, 0.3) is 10.9 Å². The molecule has 29 heavy (non-hydrogen) atoms. The molecule has 0 amide bonds. The first kappa shape index (κ1) is 20.7. The Kier molecular flexibility index (Phi) is 7.08. The maximum atomic E-state index is 5.99. The number of benzene rings is 2. The second kappa shape index (κ2) is 9.93. The zero-order valence-electron chi connectivity index (χ0n) is 17.3. The van der Waals surface area contributed by atoms with Crippen molar-refractivity contribution in [2.24, 2.45) is 0 Å². The summed E-state index contributed by atoms with van der Waals surface area (Å²) >= 11 is 0. The first-order valence-electron chi connectivity index (χ1n) is 9.68. The van der Waals surface area contributed by atoms with Gasteiger partial charge in [-0.3, -0.25) is 0 Å². The lowest BCUT2D eigenvalue weighted by molar-refractivity contribution is 0.222. The van der Waals surface area contributed by atoms with Crippen molar-refractivity contribution < 1.29 is 18.9 Å². The summed E-state index contributed by atoms with van der Waals surface area (Å²) in [6, 6.07) is 11.1. The van der Waals surface area contributed by atoms with Gasteiger partial charge in [0.05, 0.1) is 25.1 Å². The molecule has 0 aliphatic rings. The maximum absolute atomic E-state index is 5.99. The SMILES string of the molecule is CCN(CC)CCOc1ccc(Oc2ncnc3cc(OC)c(OC)cc23)cc1. The maximum Gasteiger partial charge on any atom is 0.230 e. The lowest BCUT2D eigenvalue weighted by Crippen LogP contribution is -2.27. The number of methoxy groups -OCH3 is 2. The number of hydrogen-bond acceptors (Lipinski definition) is 7. The van der Waals surface area contributed by atoms with Gasteiger partial charge in [-0.2, -0.15) is 0 Å². The van der Waals surface area contributed by atoms with Gasteiger partial charge in [-0.15, -0.1) is 0 Å². The van der Waals surface area contributed by atoms with E-state index in [1.165, 1.54) is 6.33 Å². The van der Waals surface area contributed by atoms with Gasteiger partial charge in [0.1, 0.15) is 24.4 Å². The van der Waals surface area contributed by atoms with E-state index in [4.69, 9.17) is 18.9 Å². The number of hydrogen-bond donors (Lipinski definition) is 0. The van der Waals surface area contributed by atoms with E-state index in [9.17, 15) is 0 Å². The molecule has 154 valence electrons. The molecule has 0 fully saturated rings. The Bertz CT molecular complexity index is 927. The summed E-state index contributed by atoms with van der Waals surface area (Å²) in [4.78, 5) is 10.9. The number of rotatable bonds is 10. The molecule has 0 spiro atoms. The van der Waals surface area contributed by atoms with Crippen LogP contribution in [0.3, 0.4) is 0 Å². The van der Waals surface area contributed by atoms with Crippen LogP contribution in [-0.4, -0.2) is 55.3 Å². The number of likely N-dealkylation sites (N-methyl/N-ethyl adjacent to an activating group) is 1. The second-order valence-corrected chi connectivity index (χ2v) is 6.35. The zero-order valence-corrected chi connectivity index (χ0v) is 17.3. The predicted molar refractivity (Wildman–Crippen MR) is 112 cm³/mol. The molecule has 1 heterocycles. The third-order valence-corrected chi connectivity index (χ3v) is 4.71. The van der Waals surface area contributed by atoms with E-state index in [1.807, 2.05) is 30.3 Å². The molecule has 0 radical (unpaired) electrons. The molecular weight excluding hydrogens is 370 g/mol. The van der Waals surface area contributed by atoms with Gasteiger partial charge in [0.2, 0.25) is 5.88 Å². The Morgan fingerprint density at radius 3 is 2.17 bits per heavy atom. The molecule has 7 heteroatoms. The van der Waals surface area contributed by atoms with Crippen LogP contribution in [0.15, 0.2) is 42.7 Å². The van der Waals surface area contributed by atoms with Gasteiger partial charge in [-0.25, -0.2) is 9.97 Å². The highest BCUT2D eigenvalue weighted by molar-refractivity contribution is 5.87. The summed E-state index contributed by atoms with van der Waals surface area (Å²) in [5.74, 6) is 3.12. The molecule has 7 nitrogen and oxygen atoms in total. The Morgan fingerprint density at radius 2 is 1.52 bits per heavy atom. The molecule has 3 rings (SSSR count). The van der Waals surface area contributed by atoms with Gasteiger partial charge in [-0.1, -0.05) is 13.8 Å². The lowest BCUT2D eigenvalue weighted by Gasteiger charge is -2.18. The van der Waals surface area contributed by atoms with E-state index in [-0.39, 0.29) is 0 Å². The molecule has 0 bridgehead atoms. The normalized spacial score (nSPS) is 10.9. The fourth-order valence-corrected chi connectivity index (χ4v) is 2.99. The van der Waals surface area contributed by atoms with Crippen molar-refractivity contribution in [1.29, 1.82) is 0 Å². The molecule has 1 aromatic heterocycles. The standard InChI is InChI=1S/C22H27N3O4/c1-5-25(6-2)11-12-28-16-7-9-17(10-8-16)29-22-18-13-20(26-3)21(27-4)14-19(18)23-15-24-22/h7-10,13-15H,5-6,11-12H2,1-4H3. The van der Waals surface area contributed by atoms with E-state index < -0.39 is 0 Å². The third kappa shape index (κ3) is 5.06. The monoisotopic (exact) mass is 397 g/mol. The molecule has 3 aromatic rings. The van der Waals surface area contributed by atoms with Crippen molar-refractivity contribution in [3.63, 3.8) is 0 Å². The van der Waals surface area contributed by atoms with Crippen molar-refractivity contribution in [2.75, 3.05) is 40.5 Å². The smallest absolute Gasteiger partial charge is 0.230 e. The van der Waals surface area contributed by atoms with Crippen molar-refractivity contribution in [2.45, 2.75) is 13.8 Å². The summed E-state index contributed by atoms with van der Waals surface area (Å²) < 4.78 is 22.5. The van der Waals surface area contributed by atoms with Crippen LogP contribution in [0.2, 0.25) is 0 Å². The molecule has 0 saturated heterocycles. The summed E-state index contributed by atoms with van der Waals surface area (Å²) in [6.07, 6.45) is 1.47. The molecule has 0 aliphatic carbocycles. The third-order valence-electron chi connectivity index (χ3n) is 4.71. The Morgan fingerprint density at radius 1 is 0.862 bits per heavy atom.